The Morgan fingerprint density at radius 3 is 2.29 bits per heavy atom. The van der Waals surface area contributed by atoms with Crippen molar-refractivity contribution in [3.8, 4) is 11.5 Å². The minimum Gasteiger partial charge on any atom is -0.507 e. The third kappa shape index (κ3) is 8.53. The largest absolute Gasteiger partial charge is 0.507 e. The standard InChI is InChI=1S/C48H58N4O13/c1-22-12-11-13-23(2)47(60)50-38-42(58)34-33(37-45(38)64-32-21-29(20-30(54)36(32)49-37)52-17-15-51(9)16-18-52)35-44(27(6)41(34)57)65-48(8,46(35)59)62-19-14-31(61-10)24(3)43(63-28(7)53)26(5)40(56)25(4)39(22)55/h11-14,19-22,24-26,31,39-40,43,55-57,59H,15-18H2,1-10H3,(H,50,60)/t22-,24+,25+,26+,31-,39-,40+,43+,48?/m0/s1. The van der Waals surface area contributed by atoms with Crippen LogP contribution in [0.3, 0.4) is 0 Å². The first-order valence-electron chi connectivity index (χ1n) is 21.8. The Morgan fingerprint density at radius 2 is 1.63 bits per heavy atom. The van der Waals surface area contributed by atoms with E-state index in [0.717, 1.165) is 13.1 Å². The van der Waals surface area contributed by atoms with Crippen molar-refractivity contribution in [3.05, 3.63) is 79.5 Å². The van der Waals surface area contributed by atoms with E-state index in [-0.39, 0.29) is 60.8 Å². The van der Waals surface area contributed by atoms with Crippen molar-refractivity contribution >= 4 is 62.0 Å². The number of amides is 1. The van der Waals surface area contributed by atoms with Gasteiger partial charge in [0.15, 0.2) is 22.4 Å². The third-order valence-corrected chi connectivity index (χ3v) is 13.3. The third-order valence-electron chi connectivity index (χ3n) is 13.3. The monoisotopic (exact) mass is 898 g/mol. The Kier molecular flexibility index (Phi) is 13.1. The SMILES string of the molecule is CO[C@H]1C=COC2(C)Oc3c(C)c(O)c4c(=O)c(c5oc6cc(N7CCN(C)CC7)cc(=O)c6nc5c4c3=C2O)NC(=O)C(C)=CC=C[C@H](C)[C@H](O)[C@@H](C)[C@@H](O)[C@@H](C)[C@H](OC(C)=O)[C@@H]1C. The molecule has 9 atom stereocenters. The molecule has 4 heterocycles. The average Bonchev–Trinajstić information content (AvgIpc) is 3.54. The summed E-state index contributed by atoms with van der Waals surface area (Å²) in [6, 6.07) is 3.12. The van der Waals surface area contributed by atoms with Crippen LogP contribution < -0.4 is 31.0 Å². The number of hydrogen-bond donors (Lipinski definition) is 5. The first-order valence-corrected chi connectivity index (χ1v) is 21.8. The molecule has 3 aliphatic heterocycles. The molecule has 1 unspecified atom stereocenters. The molecule has 7 rings (SSSR count). The Bertz CT molecular complexity index is 2830. The normalized spacial score (nSPS) is 28.4. The maximum Gasteiger partial charge on any atom is 0.307 e. The van der Waals surface area contributed by atoms with E-state index in [1.165, 1.54) is 59.3 Å². The summed E-state index contributed by atoms with van der Waals surface area (Å²) in [6.45, 7) is 15.4. The number of nitrogens with one attached hydrogen (secondary N) is 1. The van der Waals surface area contributed by atoms with E-state index < -0.39 is 88.1 Å². The van der Waals surface area contributed by atoms with E-state index in [4.69, 9.17) is 28.3 Å². The van der Waals surface area contributed by atoms with Gasteiger partial charge in [-0.25, -0.2) is 4.98 Å². The molecule has 4 aromatic rings. The van der Waals surface area contributed by atoms with Gasteiger partial charge in [-0.15, -0.1) is 0 Å². The Hall–Kier alpha value is -6.01. The Balaban J connectivity index is 1.48. The van der Waals surface area contributed by atoms with E-state index in [1.54, 1.807) is 45.9 Å². The van der Waals surface area contributed by atoms with Crippen molar-refractivity contribution in [2.45, 2.75) is 85.6 Å². The number of fused-ring (bicyclic) bond motifs is 2. The quantitative estimate of drug-likeness (QED) is 0.110. The van der Waals surface area contributed by atoms with Crippen molar-refractivity contribution in [1.29, 1.82) is 0 Å². The van der Waals surface area contributed by atoms with Crippen molar-refractivity contribution in [2.24, 2.45) is 23.7 Å². The topological polar surface area (TPSA) is 231 Å². The number of rotatable bonds is 3. The van der Waals surface area contributed by atoms with E-state index in [9.17, 15) is 39.6 Å². The van der Waals surface area contributed by atoms with Gasteiger partial charge in [0, 0.05) is 105 Å². The van der Waals surface area contributed by atoms with E-state index >= 15 is 0 Å². The smallest absolute Gasteiger partial charge is 0.307 e. The maximum atomic E-state index is 14.8. The van der Waals surface area contributed by atoms with Gasteiger partial charge < -0.3 is 58.9 Å². The van der Waals surface area contributed by atoms with Crippen molar-refractivity contribution < 1.29 is 53.4 Å². The summed E-state index contributed by atoms with van der Waals surface area (Å²) in [6.07, 6.45) is 3.56. The number of carbonyl (C=O) groups is 2. The molecule has 1 aromatic heterocycles. The zero-order valence-corrected chi connectivity index (χ0v) is 38.3. The summed E-state index contributed by atoms with van der Waals surface area (Å²) in [5.41, 5.74) is -1.39. The number of aliphatic hydroxyl groups is 3. The molecule has 17 nitrogen and oxygen atoms in total. The lowest BCUT2D eigenvalue weighted by atomic mass is 9.78. The number of anilines is 2. The molecule has 3 aromatic carbocycles. The number of aliphatic hydroxyl groups excluding tert-OH is 3. The molecular formula is C48H58N4O13. The highest BCUT2D eigenvalue weighted by molar-refractivity contribution is 6.16. The van der Waals surface area contributed by atoms with Crippen LogP contribution in [0.5, 0.6) is 11.5 Å². The second kappa shape index (κ2) is 18.1. The summed E-state index contributed by atoms with van der Waals surface area (Å²) in [4.78, 5) is 64.1. The van der Waals surface area contributed by atoms with Gasteiger partial charge in [0.25, 0.3) is 5.91 Å². The van der Waals surface area contributed by atoms with Gasteiger partial charge in [-0.05, 0) is 27.0 Å². The van der Waals surface area contributed by atoms with Crippen LogP contribution in [0.15, 0.2) is 62.3 Å². The Labute approximate surface area is 375 Å². The Morgan fingerprint density at radius 1 is 0.938 bits per heavy atom. The van der Waals surface area contributed by atoms with Gasteiger partial charge in [0.05, 0.1) is 35.2 Å². The second-order valence-corrected chi connectivity index (χ2v) is 17.8. The van der Waals surface area contributed by atoms with E-state index in [2.05, 4.69) is 10.2 Å². The van der Waals surface area contributed by atoms with Crippen molar-refractivity contribution in [2.75, 3.05) is 50.6 Å². The molecule has 1 fully saturated rings. The molecule has 348 valence electrons. The van der Waals surface area contributed by atoms with Crippen molar-refractivity contribution in [1.82, 2.24) is 9.88 Å². The number of phenolic OH excluding ortho intramolecular Hbond substituents is 1. The summed E-state index contributed by atoms with van der Waals surface area (Å²) in [5, 5.41) is 49.1. The fraction of sp³-hybridized carbons (Fsp3) is 0.479. The molecule has 4 bridgehead atoms. The molecule has 1 saturated heterocycles. The number of ether oxygens (including phenoxy) is 4. The van der Waals surface area contributed by atoms with Gasteiger partial charge in [0.1, 0.15) is 28.8 Å². The lowest BCUT2D eigenvalue weighted by Crippen LogP contribution is -2.46. The second-order valence-electron chi connectivity index (χ2n) is 17.8. The van der Waals surface area contributed by atoms with Crippen LogP contribution in [-0.2, 0) is 23.8 Å². The predicted octanol–water partition coefficient (Wildman–Crippen LogP) is 4.31. The van der Waals surface area contributed by atoms with Gasteiger partial charge >= 0.3 is 11.8 Å². The number of phenols is 1. The minimum absolute atomic E-state index is 0.0337. The fourth-order valence-electron chi connectivity index (χ4n) is 9.12. The molecule has 0 spiro atoms. The number of piperazine rings is 1. The van der Waals surface area contributed by atoms with Crippen molar-refractivity contribution in [3.63, 3.8) is 0 Å². The number of likely N-dealkylation sites (N-methyl/N-ethyl adjacent to an activating group) is 1. The molecule has 17 heteroatoms. The van der Waals surface area contributed by atoms with Crippen LogP contribution >= 0.6 is 0 Å². The number of carbonyl (C=O) groups excluding carboxylic acids is 2. The number of aromatic hydroxyl groups is 1. The molecule has 0 aliphatic carbocycles. The number of methoxy groups -OCH3 is 1. The van der Waals surface area contributed by atoms with Gasteiger partial charge in [-0.2, -0.15) is 0 Å². The highest BCUT2D eigenvalue weighted by Crippen LogP contribution is 2.42. The molecule has 3 aliphatic rings. The molecule has 65 heavy (non-hydrogen) atoms. The predicted molar refractivity (Wildman–Crippen MR) is 245 cm³/mol. The van der Waals surface area contributed by atoms with Gasteiger partial charge in [-0.3, -0.25) is 19.2 Å². The lowest BCUT2D eigenvalue weighted by Gasteiger charge is -2.38. The highest BCUT2D eigenvalue weighted by atomic mass is 16.7. The summed E-state index contributed by atoms with van der Waals surface area (Å²) < 4.78 is 30.4. The summed E-state index contributed by atoms with van der Waals surface area (Å²) in [5.74, 6) is -6.92. The van der Waals surface area contributed by atoms with Gasteiger partial charge in [0.2, 0.25) is 10.9 Å². The minimum atomic E-state index is -1.98. The number of allylic oxidation sites excluding steroid dienone is 2. The number of benzene rings is 3. The maximum absolute atomic E-state index is 14.8. The molecule has 5 N–H and O–H groups in total. The molecule has 1 amide bonds. The average molecular weight is 899 g/mol. The van der Waals surface area contributed by atoms with Crippen LogP contribution in [0.2, 0.25) is 0 Å². The van der Waals surface area contributed by atoms with E-state index in [1.807, 2.05) is 11.9 Å². The van der Waals surface area contributed by atoms with E-state index in [0.29, 0.717) is 18.8 Å². The zero-order valence-electron chi connectivity index (χ0n) is 38.3. The van der Waals surface area contributed by atoms with Crippen LogP contribution in [0.25, 0.3) is 38.7 Å². The number of esters is 1. The summed E-state index contributed by atoms with van der Waals surface area (Å²) >= 11 is 0. The van der Waals surface area contributed by atoms with Crippen LogP contribution in [-0.4, -0.2) is 113 Å². The van der Waals surface area contributed by atoms with Gasteiger partial charge in [-0.1, -0.05) is 45.9 Å². The first kappa shape index (κ1) is 47.0. The summed E-state index contributed by atoms with van der Waals surface area (Å²) in [7, 11) is 3.46. The molecular weight excluding hydrogens is 841 g/mol. The molecule has 0 radical (unpaired) electrons. The van der Waals surface area contributed by atoms with Crippen LogP contribution in [0.4, 0.5) is 11.4 Å². The van der Waals surface area contributed by atoms with Crippen LogP contribution in [0.1, 0.15) is 54.0 Å². The highest BCUT2D eigenvalue weighted by Gasteiger charge is 2.44. The number of aromatic nitrogens is 1. The zero-order chi connectivity index (χ0) is 47.4. The molecule has 0 saturated carbocycles. The van der Waals surface area contributed by atoms with Crippen LogP contribution in [0, 0.1) is 30.6 Å². The number of hydrogen-bond acceptors (Lipinski definition) is 16. The lowest BCUT2D eigenvalue weighted by molar-refractivity contribution is -0.160. The first-order chi connectivity index (χ1) is 30.7. The number of nitrogens with zero attached hydrogens (tertiary/aromatic N) is 3. The fourth-order valence-corrected chi connectivity index (χ4v) is 9.12.